The lowest BCUT2D eigenvalue weighted by Gasteiger charge is -2.68. The van der Waals surface area contributed by atoms with Crippen molar-refractivity contribution in [3.05, 3.63) is 34.9 Å². The fourth-order valence-corrected chi connectivity index (χ4v) is 9.51. The summed E-state index contributed by atoms with van der Waals surface area (Å²) in [5.41, 5.74) is 8.67. The number of hydrogen-bond acceptors (Lipinski definition) is 5. The van der Waals surface area contributed by atoms with Crippen molar-refractivity contribution in [2.45, 2.75) is 105 Å². The van der Waals surface area contributed by atoms with Crippen LogP contribution in [0.4, 0.5) is 0 Å². The predicted molar refractivity (Wildman–Crippen MR) is 144 cm³/mol. The second-order valence-electron chi connectivity index (χ2n) is 13.5. The van der Waals surface area contributed by atoms with E-state index in [-0.39, 0.29) is 45.8 Å². The van der Waals surface area contributed by atoms with E-state index in [1.165, 1.54) is 6.92 Å². The van der Waals surface area contributed by atoms with Crippen LogP contribution >= 0.6 is 0 Å². The monoisotopic (exact) mass is 513 g/mol. The minimum absolute atomic E-state index is 0.0691. The van der Waals surface area contributed by atoms with E-state index in [9.17, 15) is 19.8 Å². The molecule has 0 aromatic heterocycles. The number of aliphatic hydroxyl groups excluding tert-OH is 1. The molecule has 206 valence electrons. The molecule has 0 saturated heterocycles. The van der Waals surface area contributed by atoms with Crippen LogP contribution in [-0.4, -0.2) is 40.4 Å². The van der Waals surface area contributed by atoms with Crippen molar-refractivity contribution >= 4 is 11.9 Å². The first kappa shape index (κ1) is 28.1. The molecule has 0 unspecified atom stereocenters. The summed E-state index contributed by atoms with van der Waals surface area (Å²) in [5, 5.41) is 21.0. The zero-order chi connectivity index (χ0) is 27.5. The van der Waals surface area contributed by atoms with Gasteiger partial charge in [0.25, 0.3) is 0 Å². The third-order valence-electron chi connectivity index (χ3n) is 11.4. The van der Waals surface area contributed by atoms with Gasteiger partial charge in [0.2, 0.25) is 0 Å². The Hall–Kier alpha value is -1.92. The number of hydrogen-bond donors (Lipinski definition) is 3. The quantitative estimate of drug-likeness (QED) is 0.263. The number of nitrogens with two attached hydrogens (primary N) is 1. The zero-order valence-electron chi connectivity index (χ0n) is 23.7. The lowest BCUT2D eigenvalue weighted by molar-refractivity contribution is -0.201. The standard InChI is InChI=1S/C31H47NO5/c1-17(2)9-8-10-20(28(35)36)26-24(37-19(4)33)16-31(7)27(26)22(32)15-25-29(5)13-12-23(34)18(3)21(29)11-14-30(25,31)6/h8-10,18,21-25,27,34H,11-16,32H2,1-7H3,(H,35,36)/b10-8-,26-20+/t18-,21-,22+,23+,24-,25-,27-,29-,30-,31-/m0/s1. The topological polar surface area (TPSA) is 110 Å². The number of carbonyl (C=O) groups excluding carboxylic acids is 1. The van der Waals surface area contributed by atoms with E-state index in [2.05, 4.69) is 27.7 Å². The fraction of sp³-hybridized carbons (Fsp3) is 0.742. The first-order chi connectivity index (χ1) is 17.2. The largest absolute Gasteiger partial charge is 0.478 e. The van der Waals surface area contributed by atoms with Gasteiger partial charge in [0.05, 0.1) is 11.7 Å². The highest BCUT2D eigenvalue weighted by Crippen LogP contribution is 2.74. The maximum Gasteiger partial charge on any atom is 0.335 e. The molecular weight excluding hydrogens is 466 g/mol. The van der Waals surface area contributed by atoms with Crippen LogP contribution < -0.4 is 5.73 Å². The molecule has 4 N–H and O–H groups in total. The minimum Gasteiger partial charge on any atom is -0.478 e. The molecule has 37 heavy (non-hydrogen) atoms. The Labute approximate surface area is 222 Å². The van der Waals surface area contributed by atoms with E-state index < -0.39 is 18.0 Å². The predicted octanol–water partition coefficient (Wildman–Crippen LogP) is 5.41. The van der Waals surface area contributed by atoms with Gasteiger partial charge in [-0.15, -0.1) is 0 Å². The smallest absolute Gasteiger partial charge is 0.335 e. The van der Waals surface area contributed by atoms with E-state index in [4.69, 9.17) is 10.5 Å². The van der Waals surface area contributed by atoms with E-state index in [0.717, 1.165) is 37.7 Å². The first-order valence-corrected chi connectivity index (χ1v) is 14.1. The molecule has 0 aromatic rings. The summed E-state index contributed by atoms with van der Waals surface area (Å²) in [7, 11) is 0. The lowest BCUT2D eigenvalue weighted by atomic mass is 9.36. The van der Waals surface area contributed by atoms with Gasteiger partial charge in [-0.05, 0) is 98.0 Å². The van der Waals surface area contributed by atoms with Crippen LogP contribution in [0.1, 0.15) is 87.0 Å². The number of fused-ring (bicyclic) bond motifs is 5. The molecule has 4 rings (SSSR count). The summed E-state index contributed by atoms with van der Waals surface area (Å²) < 4.78 is 5.88. The molecule has 6 heteroatoms. The van der Waals surface area contributed by atoms with Crippen LogP contribution in [0.15, 0.2) is 34.9 Å². The average Bonchev–Trinajstić information content (AvgIpc) is 3.08. The average molecular weight is 514 g/mol. The van der Waals surface area contributed by atoms with Gasteiger partial charge in [-0.25, -0.2) is 4.79 Å². The molecule has 4 aliphatic rings. The summed E-state index contributed by atoms with van der Waals surface area (Å²) in [6, 6.07) is -0.234. The summed E-state index contributed by atoms with van der Waals surface area (Å²) in [5.74, 6) is -0.534. The zero-order valence-corrected chi connectivity index (χ0v) is 23.7. The molecule has 4 fully saturated rings. The maximum atomic E-state index is 12.6. The highest BCUT2D eigenvalue weighted by Gasteiger charge is 2.70. The number of allylic oxidation sites excluding steroid dienone is 3. The number of carboxylic acid groups (broad SMARTS) is 1. The maximum absolute atomic E-state index is 12.6. The van der Waals surface area contributed by atoms with Crippen molar-refractivity contribution in [2.24, 2.45) is 45.7 Å². The Morgan fingerprint density at radius 2 is 1.76 bits per heavy atom. The number of esters is 1. The van der Waals surface area contributed by atoms with Crippen molar-refractivity contribution in [1.82, 2.24) is 0 Å². The number of carbonyl (C=O) groups is 2. The van der Waals surface area contributed by atoms with Crippen molar-refractivity contribution in [3.63, 3.8) is 0 Å². The van der Waals surface area contributed by atoms with Gasteiger partial charge in [0.1, 0.15) is 6.10 Å². The van der Waals surface area contributed by atoms with Crippen LogP contribution in [0.5, 0.6) is 0 Å². The highest BCUT2D eigenvalue weighted by molar-refractivity contribution is 5.91. The van der Waals surface area contributed by atoms with Gasteiger partial charge in [0.15, 0.2) is 0 Å². The number of aliphatic carboxylic acids is 1. The van der Waals surface area contributed by atoms with E-state index in [0.29, 0.717) is 23.8 Å². The SMILES string of the molecule is CC(=O)O[C@H]1C[C@@]2(C)[C@H](/C1=C(\C=C/C=C(C)C)C(=O)O)[C@H](N)C[C@H]1[C@@]3(C)CC[C@@H](O)[C@@H](C)[C@@H]3CC[C@@]12C. The summed E-state index contributed by atoms with van der Waals surface area (Å²) >= 11 is 0. The Morgan fingerprint density at radius 3 is 2.35 bits per heavy atom. The molecule has 4 aliphatic carbocycles. The number of aliphatic hydroxyl groups is 1. The molecule has 0 aromatic carbocycles. The lowest BCUT2D eigenvalue weighted by Crippen LogP contribution is -2.65. The molecule has 0 radical (unpaired) electrons. The van der Waals surface area contributed by atoms with E-state index in [1.807, 2.05) is 19.9 Å². The Bertz CT molecular complexity index is 1040. The van der Waals surface area contributed by atoms with Crippen molar-refractivity contribution in [2.75, 3.05) is 0 Å². The fourth-order valence-electron chi connectivity index (χ4n) is 9.51. The molecule has 10 atom stereocenters. The van der Waals surface area contributed by atoms with Crippen LogP contribution in [0, 0.1) is 39.9 Å². The number of rotatable bonds is 4. The molecular formula is C31H47NO5. The van der Waals surface area contributed by atoms with Gasteiger partial charge in [-0.1, -0.05) is 45.4 Å². The van der Waals surface area contributed by atoms with Crippen molar-refractivity contribution in [1.29, 1.82) is 0 Å². The highest BCUT2D eigenvalue weighted by atomic mass is 16.5. The molecule has 0 heterocycles. The third kappa shape index (κ3) is 4.32. The molecule has 0 amide bonds. The van der Waals surface area contributed by atoms with Crippen LogP contribution in [0.3, 0.4) is 0 Å². The van der Waals surface area contributed by atoms with Gasteiger partial charge in [-0.2, -0.15) is 0 Å². The van der Waals surface area contributed by atoms with Gasteiger partial charge >= 0.3 is 11.9 Å². The van der Waals surface area contributed by atoms with Gasteiger partial charge in [0, 0.05) is 18.9 Å². The van der Waals surface area contributed by atoms with Crippen LogP contribution in [-0.2, 0) is 14.3 Å². The summed E-state index contributed by atoms with van der Waals surface area (Å²) in [4.78, 5) is 24.8. The van der Waals surface area contributed by atoms with Crippen molar-refractivity contribution < 1.29 is 24.5 Å². The van der Waals surface area contributed by atoms with Gasteiger partial charge < -0.3 is 20.7 Å². The number of carboxylic acids is 1. The van der Waals surface area contributed by atoms with E-state index >= 15 is 0 Å². The van der Waals surface area contributed by atoms with Crippen LogP contribution in [0.25, 0.3) is 0 Å². The minimum atomic E-state index is -1.01. The number of ether oxygens (including phenoxy) is 1. The van der Waals surface area contributed by atoms with Crippen LogP contribution in [0.2, 0.25) is 0 Å². The molecule has 4 saturated carbocycles. The first-order valence-electron chi connectivity index (χ1n) is 14.1. The normalized spacial score (nSPS) is 46.5. The third-order valence-corrected chi connectivity index (χ3v) is 11.4. The Kier molecular flexibility index (Phi) is 7.35. The molecule has 6 nitrogen and oxygen atoms in total. The van der Waals surface area contributed by atoms with Gasteiger partial charge in [-0.3, -0.25) is 4.79 Å². The Balaban J connectivity index is 1.86. The molecule has 0 aliphatic heterocycles. The Morgan fingerprint density at radius 1 is 1.08 bits per heavy atom. The summed E-state index contributed by atoms with van der Waals surface area (Å²) in [6.45, 7) is 14.6. The molecule has 0 bridgehead atoms. The second-order valence-corrected chi connectivity index (χ2v) is 13.5. The summed E-state index contributed by atoms with van der Waals surface area (Å²) in [6.07, 6.45) is 9.70. The second kappa shape index (κ2) is 9.68. The van der Waals surface area contributed by atoms with Crippen molar-refractivity contribution in [3.8, 4) is 0 Å². The molecule has 0 spiro atoms. The van der Waals surface area contributed by atoms with E-state index in [1.54, 1.807) is 12.2 Å².